The summed E-state index contributed by atoms with van der Waals surface area (Å²) >= 11 is 0. The highest BCUT2D eigenvalue weighted by molar-refractivity contribution is 6.03. The number of rotatable bonds is 8. The summed E-state index contributed by atoms with van der Waals surface area (Å²) < 4.78 is 16.3. The molecule has 0 fully saturated rings. The molecule has 1 atom stereocenters. The minimum Gasteiger partial charge on any atom is -0.497 e. The molecule has 7 nitrogen and oxygen atoms in total. The van der Waals surface area contributed by atoms with Crippen LogP contribution in [0.1, 0.15) is 33.9 Å². The molecule has 7 heteroatoms. The summed E-state index contributed by atoms with van der Waals surface area (Å²) in [7, 11) is 3.22. The van der Waals surface area contributed by atoms with Gasteiger partial charge in [-0.15, -0.1) is 0 Å². The van der Waals surface area contributed by atoms with E-state index in [0.717, 1.165) is 28.3 Å². The van der Waals surface area contributed by atoms with Gasteiger partial charge in [0.1, 0.15) is 17.2 Å². The van der Waals surface area contributed by atoms with E-state index in [-0.39, 0.29) is 18.6 Å². The fraction of sp³-hybridized carbons (Fsp3) is 0.192. The zero-order chi connectivity index (χ0) is 23.2. The number of amides is 1. The lowest BCUT2D eigenvalue weighted by atomic mass is 9.98. The summed E-state index contributed by atoms with van der Waals surface area (Å²) in [4.78, 5) is 24.4. The SMILES string of the molecule is COc1ccc(C2CC(c3cccc(OC)c3)=NN2C(=O)COc2ccccc2C=O)cc1. The van der Waals surface area contributed by atoms with Crippen LogP contribution < -0.4 is 14.2 Å². The molecule has 1 aliphatic rings. The lowest BCUT2D eigenvalue weighted by molar-refractivity contribution is -0.135. The van der Waals surface area contributed by atoms with Crippen LogP contribution in [0.15, 0.2) is 77.9 Å². The molecule has 3 aromatic carbocycles. The summed E-state index contributed by atoms with van der Waals surface area (Å²) in [6, 6.07) is 21.7. The average molecular weight is 444 g/mol. The van der Waals surface area contributed by atoms with Gasteiger partial charge in [-0.05, 0) is 42.0 Å². The maximum atomic E-state index is 13.2. The standard InChI is InChI=1S/C26H24N2O5/c1-31-21-12-10-18(11-13-21)24-15-23(19-7-5-8-22(14-19)32-2)27-28(24)26(30)17-33-25-9-4-3-6-20(25)16-29/h3-14,16,24H,15,17H2,1-2H3. The van der Waals surface area contributed by atoms with Crippen LogP contribution in [0.4, 0.5) is 0 Å². The molecule has 0 bridgehead atoms. The lowest BCUT2D eigenvalue weighted by Crippen LogP contribution is -2.31. The first-order valence-electron chi connectivity index (χ1n) is 10.5. The van der Waals surface area contributed by atoms with Crippen LogP contribution in [0.5, 0.6) is 17.2 Å². The summed E-state index contributed by atoms with van der Waals surface area (Å²) in [5.74, 6) is 1.50. The number of methoxy groups -OCH3 is 2. The molecule has 168 valence electrons. The molecule has 0 radical (unpaired) electrons. The molecule has 0 saturated heterocycles. The van der Waals surface area contributed by atoms with Gasteiger partial charge in [0, 0.05) is 12.0 Å². The maximum absolute atomic E-state index is 13.2. The van der Waals surface area contributed by atoms with Gasteiger partial charge in [-0.2, -0.15) is 5.10 Å². The van der Waals surface area contributed by atoms with Crippen LogP contribution in [0.25, 0.3) is 0 Å². The smallest absolute Gasteiger partial charge is 0.281 e. The second-order valence-electron chi connectivity index (χ2n) is 7.45. The summed E-state index contributed by atoms with van der Waals surface area (Å²) in [5, 5.41) is 6.11. The van der Waals surface area contributed by atoms with Gasteiger partial charge in [0.15, 0.2) is 12.9 Å². The Bertz CT molecular complexity index is 1170. The molecular weight excluding hydrogens is 420 g/mol. The van der Waals surface area contributed by atoms with Gasteiger partial charge in [0.2, 0.25) is 0 Å². The van der Waals surface area contributed by atoms with Crippen LogP contribution >= 0.6 is 0 Å². The predicted octanol–water partition coefficient (Wildman–Crippen LogP) is 4.27. The highest BCUT2D eigenvalue weighted by Crippen LogP contribution is 2.34. The summed E-state index contributed by atoms with van der Waals surface area (Å²) in [6.07, 6.45) is 1.24. The number of ether oxygens (including phenoxy) is 3. The Morgan fingerprint density at radius 1 is 1.00 bits per heavy atom. The molecule has 0 N–H and O–H groups in total. The van der Waals surface area contributed by atoms with E-state index in [4.69, 9.17) is 14.2 Å². The van der Waals surface area contributed by atoms with E-state index in [2.05, 4.69) is 5.10 Å². The summed E-state index contributed by atoms with van der Waals surface area (Å²) in [5.41, 5.74) is 2.98. The van der Waals surface area contributed by atoms with Crippen molar-refractivity contribution < 1.29 is 23.8 Å². The average Bonchev–Trinajstić information content (AvgIpc) is 3.33. The maximum Gasteiger partial charge on any atom is 0.281 e. The number of carbonyl (C=O) groups is 2. The topological polar surface area (TPSA) is 77.4 Å². The van der Waals surface area contributed by atoms with Crippen molar-refractivity contribution in [3.63, 3.8) is 0 Å². The van der Waals surface area contributed by atoms with E-state index in [1.54, 1.807) is 38.5 Å². The number of carbonyl (C=O) groups excluding carboxylic acids is 2. The fourth-order valence-electron chi connectivity index (χ4n) is 3.72. The molecule has 0 saturated carbocycles. The van der Waals surface area contributed by atoms with Crippen molar-refractivity contribution in [1.82, 2.24) is 5.01 Å². The van der Waals surface area contributed by atoms with E-state index < -0.39 is 0 Å². The van der Waals surface area contributed by atoms with E-state index in [1.165, 1.54) is 5.01 Å². The Morgan fingerprint density at radius 2 is 1.76 bits per heavy atom. The molecule has 1 heterocycles. The minimum absolute atomic E-state index is 0.244. The largest absolute Gasteiger partial charge is 0.497 e. The van der Waals surface area contributed by atoms with Crippen LogP contribution in [0, 0.1) is 0 Å². The van der Waals surface area contributed by atoms with E-state index in [0.29, 0.717) is 24.0 Å². The second kappa shape index (κ2) is 9.99. The van der Waals surface area contributed by atoms with Gasteiger partial charge < -0.3 is 14.2 Å². The second-order valence-corrected chi connectivity index (χ2v) is 7.45. The highest BCUT2D eigenvalue weighted by Gasteiger charge is 2.33. The van der Waals surface area contributed by atoms with Crippen LogP contribution in [-0.2, 0) is 4.79 Å². The number of aldehydes is 1. The number of para-hydroxylation sites is 1. The number of hydrazone groups is 1. The van der Waals surface area contributed by atoms with Crippen LogP contribution in [0.2, 0.25) is 0 Å². The first-order chi connectivity index (χ1) is 16.1. The van der Waals surface area contributed by atoms with E-state index in [1.807, 2.05) is 48.5 Å². The van der Waals surface area contributed by atoms with Gasteiger partial charge in [-0.1, -0.05) is 36.4 Å². The van der Waals surface area contributed by atoms with Crippen LogP contribution in [-0.4, -0.2) is 43.7 Å². The monoisotopic (exact) mass is 444 g/mol. The third-order valence-electron chi connectivity index (χ3n) is 5.47. The first kappa shape index (κ1) is 22.1. The quantitative estimate of drug-likeness (QED) is 0.485. The number of hydrogen-bond acceptors (Lipinski definition) is 6. The highest BCUT2D eigenvalue weighted by atomic mass is 16.5. The molecule has 0 aromatic heterocycles. The molecule has 1 amide bonds. The van der Waals surface area contributed by atoms with Gasteiger partial charge in [-0.25, -0.2) is 5.01 Å². The fourth-order valence-corrected chi connectivity index (χ4v) is 3.72. The zero-order valence-electron chi connectivity index (χ0n) is 18.4. The minimum atomic E-state index is -0.311. The van der Waals surface area contributed by atoms with Gasteiger partial charge >= 0.3 is 0 Å². The Kier molecular flexibility index (Phi) is 6.69. The molecule has 1 aliphatic heterocycles. The molecule has 0 spiro atoms. The Balaban J connectivity index is 1.61. The molecule has 1 unspecified atom stereocenters. The van der Waals surface area contributed by atoms with Crippen molar-refractivity contribution in [2.24, 2.45) is 5.10 Å². The first-order valence-corrected chi connectivity index (χ1v) is 10.5. The zero-order valence-corrected chi connectivity index (χ0v) is 18.4. The number of nitrogens with zero attached hydrogens (tertiary/aromatic N) is 2. The van der Waals surface area contributed by atoms with Gasteiger partial charge in [-0.3, -0.25) is 9.59 Å². The van der Waals surface area contributed by atoms with Crippen molar-refractivity contribution in [2.75, 3.05) is 20.8 Å². The van der Waals surface area contributed by atoms with E-state index >= 15 is 0 Å². The van der Waals surface area contributed by atoms with Crippen LogP contribution in [0.3, 0.4) is 0 Å². The number of hydrogen-bond donors (Lipinski definition) is 0. The van der Waals surface area contributed by atoms with Crippen molar-refractivity contribution in [3.05, 3.63) is 89.5 Å². The lowest BCUT2D eigenvalue weighted by Gasteiger charge is -2.22. The Labute approximate surface area is 192 Å². The molecule has 33 heavy (non-hydrogen) atoms. The van der Waals surface area contributed by atoms with Gasteiger partial charge in [0.25, 0.3) is 5.91 Å². The van der Waals surface area contributed by atoms with Gasteiger partial charge in [0.05, 0.1) is 31.5 Å². The van der Waals surface area contributed by atoms with Crippen molar-refractivity contribution in [3.8, 4) is 17.2 Å². The third-order valence-corrected chi connectivity index (χ3v) is 5.47. The van der Waals surface area contributed by atoms with Crippen molar-refractivity contribution in [2.45, 2.75) is 12.5 Å². The molecule has 3 aromatic rings. The predicted molar refractivity (Wildman–Crippen MR) is 124 cm³/mol. The normalized spacial score (nSPS) is 15.0. The molecule has 0 aliphatic carbocycles. The Morgan fingerprint density at radius 3 is 2.48 bits per heavy atom. The van der Waals surface area contributed by atoms with Crippen molar-refractivity contribution in [1.29, 1.82) is 0 Å². The summed E-state index contributed by atoms with van der Waals surface area (Å²) in [6.45, 7) is -0.244. The third kappa shape index (κ3) is 4.87. The molecular formula is C26H24N2O5. The Hall–Kier alpha value is -4.13. The molecule has 4 rings (SSSR count). The number of benzene rings is 3. The van der Waals surface area contributed by atoms with E-state index in [9.17, 15) is 9.59 Å². The van der Waals surface area contributed by atoms with Crippen molar-refractivity contribution >= 4 is 17.9 Å².